The number of imide groups is 1. The van der Waals surface area contributed by atoms with Crippen molar-refractivity contribution >= 4 is 17.8 Å². The summed E-state index contributed by atoms with van der Waals surface area (Å²) in [6, 6.07) is 0. The van der Waals surface area contributed by atoms with Crippen LogP contribution >= 0.6 is 0 Å². The van der Waals surface area contributed by atoms with Crippen LogP contribution in [0.2, 0.25) is 0 Å². The van der Waals surface area contributed by atoms with E-state index in [1.807, 2.05) is 13.8 Å². The van der Waals surface area contributed by atoms with E-state index in [-0.39, 0.29) is 23.7 Å². The van der Waals surface area contributed by atoms with Crippen LogP contribution in [-0.4, -0.2) is 34.3 Å². The lowest BCUT2D eigenvalue weighted by atomic mass is 9.84. The first-order valence-corrected chi connectivity index (χ1v) is 5.57. The summed E-state index contributed by atoms with van der Waals surface area (Å²) in [5.41, 5.74) is -0.193. The van der Waals surface area contributed by atoms with E-state index in [0.717, 1.165) is 0 Å². The zero-order valence-corrected chi connectivity index (χ0v) is 10.1. The quantitative estimate of drug-likeness (QED) is 0.706. The molecule has 1 aliphatic heterocycles. The van der Waals surface area contributed by atoms with Crippen LogP contribution < -0.4 is 0 Å². The Morgan fingerprint density at radius 1 is 1.24 bits per heavy atom. The van der Waals surface area contributed by atoms with E-state index in [0.29, 0.717) is 19.4 Å². The Labute approximate surface area is 100 Å². The summed E-state index contributed by atoms with van der Waals surface area (Å²) in [6.07, 6.45) is 3.76. The van der Waals surface area contributed by atoms with E-state index in [4.69, 9.17) is 5.11 Å². The summed E-state index contributed by atoms with van der Waals surface area (Å²) in [5, 5.41) is 8.61. The van der Waals surface area contributed by atoms with Crippen molar-refractivity contribution < 1.29 is 19.5 Å². The van der Waals surface area contributed by atoms with Gasteiger partial charge in [-0.05, 0) is 18.3 Å². The molecular weight excluding hydrogens is 222 g/mol. The van der Waals surface area contributed by atoms with Gasteiger partial charge in [0.2, 0.25) is 0 Å². The van der Waals surface area contributed by atoms with Crippen molar-refractivity contribution in [1.29, 1.82) is 0 Å². The van der Waals surface area contributed by atoms with E-state index in [1.165, 1.54) is 17.1 Å². The number of hydrogen-bond donors (Lipinski definition) is 1. The van der Waals surface area contributed by atoms with Gasteiger partial charge in [-0.1, -0.05) is 13.8 Å². The molecule has 5 heteroatoms. The van der Waals surface area contributed by atoms with Gasteiger partial charge in [0.05, 0.1) is 0 Å². The largest absolute Gasteiger partial charge is 0.481 e. The van der Waals surface area contributed by atoms with Gasteiger partial charge in [0.1, 0.15) is 0 Å². The molecule has 0 unspecified atom stereocenters. The second kappa shape index (κ2) is 5.12. The molecule has 0 saturated heterocycles. The Hall–Kier alpha value is -1.65. The Kier molecular flexibility index (Phi) is 4.04. The zero-order chi connectivity index (χ0) is 13.1. The normalized spacial score (nSPS) is 15.8. The molecular formula is C12H17NO4. The van der Waals surface area contributed by atoms with Crippen LogP contribution in [0.1, 0.15) is 33.1 Å². The highest BCUT2D eigenvalue weighted by atomic mass is 16.4. The molecule has 0 radical (unpaired) electrons. The van der Waals surface area contributed by atoms with Gasteiger partial charge in [-0.15, -0.1) is 0 Å². The Balaban J connectivity index is 2.41. The first kappa shape index (κ1) is 13.4. The summed E-state index contributed by atoms with van der Waals surface area (Å²) in [7, 11) is 0. The fourth-order valence-corrected chi connectivity index (χ4v) is 1.64. The Morgan fingerprint density at radius 2 is 1.76 bits per heavy atom. The minimum atomic E-state index is -0.826. The maximum Gasteiger partial charge on any atom is 0.303 e. The van der Waals surface area contributed by atoms with E-state index >= 15 is 0 Å². The second-order valence-corrected chi connectivity index (χ2v) is 4.97. The molecule has 0 fully saturated rings. The van der Waals surface area contributed by atoms with Crippen LogP contribution in [0, 0.1) is 5.41 Å². The summed E-state index contributed by atoms with van der Waals surface area (Å²) in [6.45, 7) is 4.22. The third-order valence-corrected chi connectivity index (χ3v) is 2.93. The average molecular weight is 239 g/mol. The lowest BCUT2D eigenvalue weighted by Crippen LogP contribution is -2.33. The van der Waals surface area contributed by atoms with Gasteiger partial charge in [0.25, 0.3) is 11.8 Å². The first-order valence-electron chi connectivity index (χ1n) is 5.57. The molecule has 1 heterocycles. The number of hydrogen-bond acceptors (Lipinski definition) is 3. The number of aliphatic carboxylic acids is 1. The van der Waals surface area contributed by atoms with Gasteiger partial charge in [-0.3, -0.25) is 19.3 Å². The molecule has 0 aromatic carbocycles. The number of amides is 2. The number of nitrogens with zero attached hydrogens (tertiary/aromatic N) is 1. The summed E-state index contributed by atoms with van der Waals surface area (Å²) in [5.74, 6) is -1.40. The SMILES string of the molecule is CC(C)(CCC(=O)O)CCN1C(=O)C=CC1=O. The van der Waals surface area contributed by atoms with E-state index in [9.17, 15) is 14.4 Å². The molecule has 0 aliphatic carbocycles. The van der Waals surface area contributed by atoms with Crippen molar-refractivity contribution in [2.75, 3.05) is 6.54 Å². The Morgan fingerprint density at radius 3 is 2.24 bits per heavy atom. The highest BCUT2D eigenvalue weighted by molar-refractivity contribution is 6.12. The maximum absolute atomic E-state index is 11.3. The molecule has 0 bridgehead atoms. The number of carboxylic acids is 1. The number of carbonyl (C=O) groups is 3. The standard InChI is InChI=1S/C12H17NO4/c1-12(2,6-5-11(16)17)7-8-13-9(14)3-4-10(13)15/h3-4H,5-8H2,1-2H3,(H,16,17). The fraction of sp³-hybridized carbons (Fsp3) is 0.583. The molecule has 1 aliphatic rings. The predicted octanol–water partition coefficient (Wildman–Crippen LogP) is 1.19. The minimum Gasteiger partial charge on any atom is -0.481 e. The molecule has 2 amide bonds. The van der Waals surface area contributed by atoms with E-state index in [2.05, 4.69) is 0 Å². The third-order valence-electron chi connectivity index (χ3n) is 2.93. The van der Waals surface area contributed by atoms with Crippen molar-refractivity contribution in [2.24, 2.45) is 5.41 Å². The van der Waals surface area contributed by atoms with Crippen LogP contribution in [-0.2, 0) is 14.4 Å². The lowest BCUT2D eigenvalue weighted by molar-refractivity contribution is -0.139. The molecule has 94 valence electrons. The molecule has 17 heavy (non-hydrogen) atoms. The molecule has 1 N–H and O–H groups in total. The molecule has 0 atom stereocenters. The number of carbonyl (C=O) groups excluding carboxylic acids is 2. The first-order chi connectivity index (χ1) is 7.82. The monoisotopic (exact) mass is 239 g/mol. The van der Waals surface area contributed by atoms with E-state index < -0.39 is 5.97 Å². The highest BCUT2D eigenvalue weighted by Crippen LogP contribution is 2.27. The van der Waals surface area contributed by atoms with Crippen LogP contribution in [0.3, 0.4) is 0 Å². The zero-order valence-electron chi connectivity index (χ0n) is 10.1. The van der Waals surface area contributed by atoms with Gasteiger partial charge >= 0.3 is 5.97 Å². The highest BCUT2D eigenvalue weighted by Gasteiger charge is 2.26. The van der Waals surface area contributed by atoms with E-state index in [1.54, 1.807) is 0 Å². The molecule has 0 spiro atoms. The number of carboxylic acid groups (broad SMARTS) is 1. The van der Waals surface area contributed by atoms with Crippen LogP contribution in [0.15, 0.2) is 12.2 Å². The summed E-state index contributed by atoms with van der Waals surface area (Å²) in [4.78, 5) is 34.2. The number of rotatable bonds is 6. The van der Waals surface area contributed by atoms with Gasteiger partial charge < -0.3 is 5.11 Å². The van der Waals surface area contributed by atoms with Crippen LogP contribution in [0.4, 0.5) is 0 Å². The Bertz CT molecular complexity index is 353. The van der Waals surface area contributed by atoms with Crippen molar-refractivity contribution in [2.45, 2.75) is 33.1 Å². The summed E-state index contributed by atoms with van der Waals surface area (Å²) < 4.78 is 0. The average Bonchev–Trinajstić information content (AvgIpc) is 2.54. The molecule has 0 aromatic heterocycles. The van der Waals surface area contributed by atoms with Gasteiger partial charge in [0.15, 0.2) is 0 Å². The van der Waals surface area contributed by atoms with Gasteiger partial charge in [-0.2, -0.15) is 0 Å². The van der Waals surface area contributed by atoms with Gasteiger partial charge in [0, 0.05) is 25.1 Å². The maximum atomic E-state index is 11.3. The van der Waals surface area contributed by atoms with Gasteiger partial charge in [-0.25, -0.2) is 0 Å². The van der Waals surface area contributed by atoms with Crippen LogP contribution in [0.5, 0.6) is 0 Å². The minimum absolute atomic E-state index is 0.104. The van der Waals surface area contributed by atoms with Crippen LogP contribution in [0.25, 0.3) is 0 Å². The summed E-state index contributed by atoms with van der Waals surface area (Å²) >= 11 is 0. The molecule has 0 aromatic rings. The molecule has 5 nitrogen and oxygen atoms in total. The smallest absolute Gasteiger partial charge is 0.303 e. The predicted molar refractivity (Wildman–Crippen MR) is 61.1 cm³/mol. The molecule has 1 rings (SSSR count). The van der Waals surface area contributed by atoms with Crippen molar-refractivity contribution in [1.82, 2.24) is 4.90 Å². The van der Waals surface area contributed by atoms with Crippen molar-refractivity contribution in [3.63, 3.8) is 0 Å². The fourth-order valence-electron chi connectivity index (χ4n) is 1.64. The van der Waals surface area contributed by atoms with Crippen molar-refractivity contribution in [3.05, 3.63) is 12.2 Å². The third kappa shape index (κ3) is 4.01. The lowest BCUT2D eigenvalue weighted by Gasteiger charge is -2.26. The topological polar surface area (TPSA) is 74.7 Å². The van der Waals surface area contributed by atoms with Crippen molar-refractivity contribution in [3.8, 4) is 0 Å². The second-order valence-electron chi connectivity index (χ2n) is 4.97. The molecule has 0 saturated carbocycles.